The van der Waals surface area contributed by atoms with E-state index in [0.717, 1.165) is 55.4 Å². The molecule has 1 saturated heterocycles. The molecule has 0 radical (unpaired) electrons. The third-order valence-electron chi connectivity index (χ3n) is 7.42. The number of benzene rings is 3. The topological polar surface area (TPSA) is 54.4 Å². The number of nitrogens with zero attached hydrogens (tertiary/aromatic N) is 2. The van der Waals surface area contributed by atoms with Crippen molar-refractivity contribution in [1.29, 1.82) is 5.41 Å². The molecule has 1 fully saturated rings. The van der Waals surface area contributed by atoms with E-state index in [-0.39, 0.29) is 6.04 Å². The first-order valence-corrected chi connectivity index (χ1v) is 14.7. The van der Waals surface area contributed by atoms with Gasteiger partial charge in [0.2, 0.25) is 0 Å². The summed E-state index contributed by atoms with van der Waals surface area (Å²) in [6.07, 6.45) is 3.48. The minimum atomic E-state index is 0.150. The van der Waals surface area contributed by atoms with Crippen LogP contribution in [0, 0.1) is 19.3 Å². The standard InChI is InChI=1S/C26H36ClN5.C9H10/c1-18-6-8-23(27)15-22(18)17-29-20(3)14-25(28)21(4)30-26-16-24(9-7-19(26)2)32-12-10-31(5)11-13-32;1-2-6-9-7-4-3-5-8-9/h6-9,15-16,20,28-30H,4,10-14,17H2,1-3,5H3;2-5,7-8H,1,6H2. The summed E-state index contributed by atoms with van der Waals surface area (Å²) in [6, 6.07) is 22.9. The molecule has 5 nitrogen and oxygen atoms in total. The number of allylic oxidation sites excluding steroid dienone is 2. The summed E-state index contributed by atoms with van der Waals surface area (Å²) >= 11 is 6.13. The Balaban J connectivity index is 0.000000436. The largest absolute Gasteiger partial charge is 0.369 e. The molecule has 1 unspecified atom stereocenters. The van der Waals surface area contributed by atoms with Crippen molar-refractivity contribution in [2.24, 2.45) is 0 Å². The van der Waals surface area contributed by atoms with Crippen LogP contribution in [0.15, 0.2) is 91.7 Å². The molecule has 0 amide bonds. The molecule has 6 heteroatoms. The maximum atomic E-state index is 8.54. The number of hydrogen-bond donors (Lipinski definition) is 3. The third kappa shape index (κ3) is 10.5. The highest BCUT2D eigenvalue weighted by Gasteiger charge is 2.16. The predicted molar refractivity (Wildman–Crippen MR) is 179 cm³/mol. The van der Waals surface area contributed by atoms with Gasteiger partial charge in [0, 0.05) is 61.6 Å². The maximum Gasteiger partial charge on any atom is 0.0557 e. The average molecular weight is 572 g/mol. The van der Waals surface area contributed by atoms with Gasteiger partial charge in [-0.3, -0.25) is 0 Å². The van der Waals surface area contributed by atoms with Crippen LogP contribution in [0.3, 0.4) is 0 Å². The normalized spacial score (nSPS) is 14.0. The lowest BCUT2D eigenvalue weighted by Crippen LogP contribution is -2.44. The lowest BCUT2D eigenvalue weighted by Gasteiger charge is -2.34. The molecule has 3 aromatic rings. The Morgan fingerprint density at radius 1 is 1.00 bits per heavy atom. The van der Waals surface area contributed by atoms with Gasteiger partial charge in [0.25, 0.3) is 0 Å². The molecule has 3 N–H and O–H groups in total. The maximum absolute atomic E-state index is 8.54. The first-order chi connectivity index (χ1) is 19.7. The number of piperazine rings is 1. The van der Waals surface area contributed by atoms with Crippen molar-refractivity contribution in [3.63, 3.8) is 0 Å². The molecule has 41 heavy (non-hydrogen) atoms. The van der Waals surface area contributed by atoms with E-state index in [4.69, 9.17) is 17.0 Å². The zero-order valence-electron chi connectivity index (χ0n) is 25.1. The summed E-state index contributed by atoms with van der Waals surface area (Å²) < 4.78 is 0. The van der Waals surface area contributed by atoms with E-state index in [1.165, 1.54) is 22.4 Å². The minimum Gasteiger partial charge on any atom is -0.369 e. The molecule has 1 atom stereocenters. The Bertz CT molecular complexity index is 1300. The van der Waals surface area contributed by atoms with Gasteiger partial charge in [-0.1, -0.05) is 66.7 Å². The van der Waals surface area contributed by atoms with E-state index in [0.29, 0.717) is 17.8 Å². The van der Waals surface area contributed by atoms with Crippen LogP contribution >= 0.6 is 11.6 Å². The number of halogens is 1. The van der Waals surface area contributed by atoms with Crippen LogP contribution < -0.4 is 15.5 Å². The van der Waals surface area contributed by atoms with Crippen LogP contribution in [0.5, 0.6) is 0 Å². The first-order valence-electron chi connectivity index (χ1n) is 14.4. The van der Waals surface area contributed by atoms with Gasteiger partial charge >= 0.3 is 0 Å². The fraction of sp³-hybridized carbons (Fsp3) is 0.343. The fourth-order valence-corrected chi connectivity index (χ4v) is 4.84. The molecule has 218 valence electrons. The zero-order valence-corrected chi connectivity index (χ0v) is 25.9. The molecule has 1 aliphatic rings. The van der Waals surface area contributed by atoms with Crippen molar-refractivity contribution in [2.75, 3.05) is 43.4 Å². The number of nitrogens with one attached hydrogen (secondary N) is 3. The van der Waals surface area contributed by atoms with Crippen molar-refractivity contribution < 1.29 is 0 Å². The van der Waals surface area contributed by atoms with E-state index in [1.54, 1.807) is 0 Å². The van der Waals surface area contributed by atoms with E-state index in [2.05, 4.69) is 91.7 Å². The Morgan fingerprint density at radius 3 is 2.37 bits per heavy atom. The van der Waals surface area contributed by atoms with Crippen LogP contribution in [0.25, 0.3) is 0 Å². The fourth-order valence-electron chi connectivity index (χ4n) is 4.64. The van der Waals surface area contributed by atoms with Crippen molar-refractivity contribution in [3.8, 4) is 0 Å². The van der Waals surface area contributed by atoms with E-state index < -0.39 is 0 Å². The molecular weight excluding hydrogens is 526 g/mol. The molecule has 1 aliphatic heterocycles. The highest BCUT2D eigenvalue weighted by molar-refractivity contribution is 6.30. The summed E-state index contributed by atoms with van der Waals surface area (Å²) in [5.41, 5.74) is 8.28. The van der Waals surface area contributed by atoms with Crippen molar-refractivity contribution in [2.45, 2.75) is 46.2 Å². The molecule has 0 aliphatic carbocycles. The summed E-state index contributed by atoms with van der Waals surface area (Å²) in [4.78, 5) is 4.78. The van der Waals surface area contributed by atoms with Gasteiger partial charge in [0.1, 0.15) is 0 Å². The summed E-state index contributed by atoms with van der Waals surface area (Å²) in [5.74, 6) is 0. The van der Waals surface area contributed by atoms with Crippen LogP contribution in [0.2, 0.25) is 5.02 Å². The van der Waals surface area contributed by atoms with E-state index in [1.807, 2.05) is 42.5 Å². The van der Waals surface area contributed by atoms with Gasteiger partial charge in [0.05, 0.1) is 11.4 Å². The van der Waals surface area contributed by atoms with Crippen LogP contribution in [-0.4, -0.2) is 49.9 Å². The van der Waals surface area contributed by atoms with Gasteiger partial charge in [-0.25, -0.2) is 0 Å². The smallest absolute Gasteiger partial charge is 0.0557 e. The quantitative estimate of drug-likeness (QED) is 0.163. The SMILES string of the molecule is C=C(Nc1cc(N2CCN(C)CC2)ccc1C)C(=N)CC(C)NCc1cc(Cl)ccc1C.C=CCc1ccccc1. The third-order valence-corrected chi connectivity index (χ3v) is 7.66. The minimum absolute atomic E-state index is 0.150. The summed E-state index contributed by atoms with van der Waals surface area (Å²) in [6.45, 7) is 19.0. The Hall–Kier alpha value is -3.38. The first kappa shape index (κ1) is 32.1. The lowest BCUT2D eigenvalue weighted by atomic mass is 10.1. The van der Waals surface area contributed by atoms with Gasteiger partial charge in [-0.15, -0.1) is 6.58 Å². The molecule has 3 aromatic carbocycles. The molecular formula is C35H46ClN5. The summed E-state index contributed by atoms with van der Waals surface area (Å²) in [5, 5.41) is 16.2. The number of hydrogen-bond acceptors (Lipinski definition) is 5. The van der Waals surface area contributed by atoms with Gasteiger partial charge in [0.15, 0.2) is 0 Å². The van der Waals surface area contributed by atoms with E-state index >= 15 is 0 Å². The second-order valence-corrected chi connectivity index (χ2v) is 11.3. The molecule has 0 spiro atoms. The highest BCUT2D eigenvalue weighted by atomic mass is 35.5. The van der Waals surface area contributed by atoms with Gasteiger partial charge in [-0.2, -0.15) is 0 Å². The Morgan fingerprint density at radius 2 is 1.68 bits per heavy atom. The van der Waals surface area contributed by atoms with E-state index in [9.17, 15) is 0 Å². The number of rotatable bonds is 11. The molecule has 0 aromatic heterocycles. The van der Waals surface area contributed by atoms with Crippen LogP contribution in [-0.2, 0) is 13.0 Å². The second-order valence-electron chi connectivity index (χ2n) is 10.9. The molecule has 0 saturated carbocycles. The predicted octanol–water partition coefficient (Wildman–Crippen LogP) is 7.64. The average Bonchev–Trinajstić information content (AvgIpc) is 2.96. The van der Waals surface area contributed by atoms with Crippen molar-refractivity contribution in [1.82, 2.24) is 10.2 Å². The van der Waals surface area contributed by atoms with Crippen LogP contribution in [0.4, 0.5) is 11.4 Å². The van der Waals surface area contributed by atoms with Gasteiger partial charge in [-0.05, 0) is 80.8 Å². The molecule has 1 heterocycles. The number of aryl methyl sites for hydroxylation is 2. The van der Waals surface area contributed by atoms with Crippen molar-refractivity contribution in [3.05, 3.63) is 119 Å². The van der Waals surface area contributed by atoms with Crippen LogP contribution in [0.1, 0.15) is 35.6 Å². The monoisotopic (exact) mass is 571 g/mol. The highest BCUT2D eigenvalue weighted by Crippen LogP contribution is 2.25. The second kappa shape index (κ2) is 16.2. The summed E-state index contributed by atoms with van der Waals surface area (Å²) in [7, 11) is 2.17. The Labute approximate surface area is 252 Å². The number of anilines is 2. The Kier molecular flexibility index (Phi) is 12.7. The molecule has 4 rings (SSSR count). The zero-order chi connectivity index (χ0) is 29.8. The molecule has 0 bridgehead atoms. The number of likely N-dealkylation sites (N-methyl/N-ethyl adjacent to an activating group) is 1. The lowest BCUT2D eigenvalue weighted by molar-refractivity contribution is 0.313. The van der Waals surface area contributed by atoms with Gasteiger partial charge < -0.3 is 25.8 Å². The van der Waals surface area contributed by atoms with Crippen molar-refractivity contribution >= 4 is 28.7 Å².